The molecule has 0 atom stereocenters. The van der Waals surface area contributed by atoms with Crippen molar-refractivity contribution in [3.63, 3.8) is 0 Å². The molecule has 2 aromatic heterocycles. The molecular weight excluding hydrogens is 364 g/mol. The molecule has 0 aromatic carbocycles. The number of fused-ring (bicyclic) bond motifs is 2. The quantitative estimate of drug-likeness (QED) is 0.831. The first-order valence-corrected chi connectivity index (χ1v) is 11.4. The molecule has 3 aliphatic rings. The number of H-pyrrole nitrogens is 1. The van der Waals surface area contributed by atoms with Gasteiger partial charge in [0.05, 0.1) is 23.4 Å². The predicted octanol–water partition coefficient (Wildman–Crippen LogP) is 1.43. The van der Waals surface area contributed by atoms with Crippen LogP contribution in [0.5, 0.6) is 0 Å². The second kappa shape index (κ2) is 6.19. The van der Waals surface area contributed by atoms with Crippen molar-refractivity contribution in [3.05, 3.63) is 28.7 Å². The van der Waals surface area contributed by atoms with Crippen molar-refractivity contribution in [2.24, 2.45) is 5.92 Å². The van der Waals surface area contributed by atoms with E-state index in [0.717, 1.165) is 67.5 Å². The van der Waals surface area contributed by atoms with Gasteiger partial charge in [0.2, 0.25) is 5.95 Å². The molecule has 0 spiro atoms. The summed E-state index contributed by atoms with van der Waals surface area (Å²) in [5.41, 5.74) is 3.79. The Morgan fingerprint density at radius 1 is 1.11 bits per heavy atom. The second-order valence-electron chi connectivity index (χ2n) is 8.02. The number of aromatic amines is 1. The lowest BCUT2D eigenvalue weighted by atomic mass is 10.00. The first-order chi connectivity index (χ1) is 13.0. The molecule has 1 saturated heterocycles. The molecule has 5 heterocycles. The summed E-state index contributed by atoms with van der Waals surface area (Å²) in [4.78, 5) is 14.0. The third kappa shape index (κ3) is 3.07. The zero-order chi connectivity index (χ0) is 18.6. The van der Waals surface area contributed by atoms with Crippen molar-refractivity contribution < 1.29 is 8.42 Å². The molecule has 144 valence electrons. The average Bonchev–Trinajstić information content (AvgIpc) is 3.23. The molecule has 5 rings (SSSR count). The van der Waals surface area contributed by atoms with Gasteiger partial charge in [-0.05, 0) is 18.8 Å². The number of rotatable bonds is 2. The molecule has 0 saturated carbocycles. The van der Waals surface area contributed by atoms with E-state index in [1.165, 1.54) is 0 Å². The van der Waals surface area contributed by atoms with Gasteiger partial charge in [0, 0.05) is 49.4 Å². The number of nitrogens with zero attached hydrogens (tertiary/aromatic N) is 5. The Labute approximate surface area is 158 Å². The number of sulfone groups is 1. The molecule has 9 heteroatoms. The number of hydrogen-bond donors (Lipinski definition) is 1. The molecule has 1 N–H and O–H groups in total. The zero-order valence-electron chi connectivity index (χ0n) is 15.5. The summed E-state index contributed by atoms with van der Waals surface area (Å²) in [5, 5.41) is 7.19. The van der Waals surface area contributed by atoms with Crippen LogP contribution in [0.4, 0.5) is 11.8 Å². The van der Waals surface area contributed by atoms with Crippen LogP contribution in [0, 0.1) is 5.92 Å². The highest BCUT2D eigenvalue weighted by molar-refractivity contribution is 7.90. The van der Waals surface area contributed by atoms with Gasteiger partial charge < -0.3 is 9.80 Å². The molecule has 0 unspecified atom stereocenters. The van der Waals surface area contributed by atoms with E-state index in [4.69, 9.17) is 4.98 Å². The largest absolute Gasteiger partial charge is 0.351 e. The van der Waals surface area contributed by atoms with E-state index in [1.54, 1.807) is 0 Å². The summed E-state index contributed by atoms with van der Waals surface area (Å²) in [5.74, 6) is 2.27. The highest BCUT2D eigenvalue weighted by atomic mass is 32.2. The van der Waals surface area contributed by atoms with Crippen LogP contribution in [0.25, 0.3) is 0 Å². The third-order valence-corrected chi connectivity index (χ3v) is 7.39. The Kier molecular flexibility index (Phi) is 3.89. The molecular formula is C18H24N6O2S. The Morgan fingerprint density at radius 3 is 2.74 bits per heavy atom. The summed E-state index contributed by atoms with van der Waals surface area (Å²) in [6, 6.07) is 0. The molecule has 0 amide bonds. The summed E-state index contributed by atoms with van der Waals surface area (Å²) in [6.45, 7) is 5.63. The highest BCUT2D eigenvalue weighted by Gasteiger charge is 2.34. The first-order valence-electron chi connectivity index (χ1n) is 9.60. The SMILES string of the molecule is CC1CCN(c2nc3c(c(N4CCc5[nH]ncc5C4)n2)CS(=O)(=O)C3)CC1. The van der Waals surface area contributed by atoms with Gasteiger partial charge in [0.25, 0.3) is 0 Å². The van der Waals surface area contributed by atoms with Gasteiger partial charge in [0.15, 0.2) is 9.84 Å². The van der Waals surface area contributed by atoms with Crippen molar-refractivity contribution in [1.29, 1.82) is 0 Å². The summed E-state index contributed by atoms with van der Waals surface area (Å²) >= 11 is 0. The summed E-state index contributed by atoms with van der Waals surface area (Å²) in [6.07, 6.45) is 4.95. The van der Waals surface area contributed by atoms with Crippen LogP contribution < -0.4 is 9.80 Å². The first kappa shape index (κ1) is 17.0. The summed E-state index contributed by atoms with van der Waals surface area (Å²) in [7, 11) is -3.14. The number of nitrogens with one attached hydrogen (secondary N) is 1. The second-order valence-corrected chi connectivity index (χ2v) is 10.1. The Hall–Kier alpha value is -2.16. The maximum Gasteiger partial charge on any atom is 0.227 e. The molecule has 3 aliphatic heterocycles. The van der Waals surface area contributed by atoms with Crippen LogP contribution in [-0.4, -0.2) is 48.2 Å². The van der Waals surface area contributed by atoms with Gasteiger partial charge in [-0.25, -0.2) is 13.4 Å². The van der Waals surface area contributed by atoms with Crippen LogP contribution in [0.3, 0.4) is 0 Å². The number of piperidine rings is 1. The van der Waals surface area contributed by atoms with Gasteiger partial charge in [0.1, 0.15) is 5.82 Å². The average molecular weight is 388 g/mol. The van der Waals surface area contributed by atoms with E-state index in [9.17, 15) is 8.42 Å². The fraction of sp³-hybridized carbons (Fsp3) is 0.611. The van der Waals surface area contributed by atoms with Crippen LogP contribution in [0.15, 0.2) is 6.20 Å². The van der Waals surface area contributed by atoms with Crippen LogP contribution in [-0.2, 0) is 34.3 Å². The van der Waals surface area contributed by atoms with Crippen molar-refractivity contribution in [1.82, 2.24) is 20.2 Å². The minimum absolute atomic E-state index is 0.0277. The lowest BCUT2D eigenvalue weighted by Gasteiger charge is -2.33. The van der Waals surface area contributed by atoms with E-state index in [1.807, 2.05) is 6.20 Å². The van der Waals surface area contributed by atoms with Crippen LogP contribution in [0.1, 0.15) is 42.3 Å². The Morgan fingerprint density at radius 2 is 1.93 bits per heavy atom. The number of hydrogen-bond acceptors (Lipinski definition) is 7. The normalized spacial score (nSPS) is 22.0. The molecule has 2 aromatic rings. The zero-order valence-corrected chi connectivity index (χ0v) is 16.3. The highest BCUT2D eigenvalue weighted by Crippen LogP contribution is 2.35. The smallest absolute Gasteiger partial charge is 0.227 e. The topological polar surface area (TPSA) is 95.1 Å². The molecule has 1 fully saturated rings. The van der Waals surface area contributed by atoms with Crippen LogP contribution >= 0.6 is 0 Å². The van der Waals surface area contributed by atoms with Gasteiger partial charge in [-0.2, -0.15) is 10.1 Å². The van der Waals surface area contributed by atoms with Crippen molar-refractivity contribution in [2.45, 2.75) is 44.2 Å². The molecule has 0 bridgehead atoms. The minimum Gasteiger partial charge on any atom is -0.351 e. The maximum atomic E-state index is 12.3. The van der Waals surface area contributed by atoms with Gasteiger partial charge >= 0.3 is 0 Å². The maximum absolute atomic E-state index is 12.3. The van der Waals surface area contributed by atoms with E-state index in [-0.39, 0.29) is 11.5 Å². The van der Waals surface area contributed by atoms with Gasteiger partial charge in [-0.1, -0.05) is 6.92 Å². The predicted molar refractivity (Wildman–Crippen MR) is 102 cm³/mol. The fourth-order valence-corrected chi connectivity index (χ4v) is 5.76. The van der Waals surface area contributed by atoms with Crippen LogP contribution in [0.2, 0.25) is 0 Å². The monoisotopic (exact) mass is 388 g/mol. The van der Waals surface area contributed by atoms with E-state index in [2.05, 4.69) is 31.9 Å². The Bertz CT molecular complexity index is 978. The number of aromatic nitrogens is 4. The summed E-state index contributed by atoms with van der Waals surface area (Å²) < 4.78 is 24.6. The van der Waals surface area contributed by atoms with Crippen molar-refractivity contribution >= 4 is 21.6 Å². The molecule has 8 nitrogen and oxygen atoms in total. The Balaban J connectivity index is 1.54. The third-order valence-electron chi connectivity index (χ3n) is 5.95. The standard InChI is InChI=1S/C18H24N6O2S/c1-12-2-5-23(6-3-12)18-20-16-11-27(25,26)10-14(16)17(21-18)24-7-4-15-13(9-24)8-19-22-15/h8,12H,2-7,9-11H2,1H3,(H,19,22). The molecule has 0 radical (unpaired) electrons. The number of anilines is 2. The van der Waals surface area contributed by atoms with E-state index < -0.39 is 9.84 Å². The lowest BCUT2D eigenvalue weighted by Crippen LogP contribution is -2.36. The van der Waals surface area contributed by atoms with E-state index >= 15 is 0 Å². The van der Waals surface area contributed by atoms with E-state index in [0.29, 0.717) is 18.2 Å². The lowest BCUT2D eigenvalue weighted by molar-refractivity contribution is 0.434. The molecule has 27 heavy (non-hydrogen) atoms. The van der Waals surface area contributed by atoms with Gasteiger partial charge in [-0.15, -0.1) is 0 Å². The fourth-order valence-electron chi connectivity index (χ4n) is 4.27. The van der Waals surface area contributed by atoms with Gasteiger partial charge in [-0.3, -0.25) is 5.10 Å². The van der Waals surface area contributed by atoms with Crippen molar-refractivity contribution in [3.8, 4) is 0 Å². The van der Waals surface area contributed by atoms with Crippen molar-refractivity contribution in [2.75, 3.05) is 29.4 Å². The molecule has 0 aliphatic carbocycles. The minimum atomic E-state index is -3.14.